The van der Waals surface area contributed by atoms with E-state index in [1.165, 1.54) is 18.6 Å². The van der Waals surface area contributed by atoms with E-state index in [4.69, 9.17) is 10.8 Å². The van der Waals surface area contributed by atoms with Gasteiger partial charge in [-0.3, -0.25) is 10.2 Å². The Morgan fingerprint density at radius 1 is 1.19 bits per heavy atom. The average Bonchev–Trinajstić information content (AvgIpc) is 2.27. The largest absolute Gasteiger partial charge is 0.348 e. The second-order valence-electron chi connectivity index (χ2n) is 4.24. The third kappa shape index (κ3) is 4.38. The van der Waals surface area contributed by atoms with E-state index in [1.54, 1.807) is 6.92 Å². The molecule has 0 aromatic carbocycles. The normalized spacial score (nSPS) is 17.3. The highest BCUT2D eigenvalue weighted by atomic mass is 16.1. The van der Waals surface area contributed by atoms with Crippen LogP contribution in [0.4, 0.5) is 0 Å². The maximum Gasteiger partial charge on any atom is 0.269 e. The maximum atomic E-state index is 11.6. The first-order chi connectivity index (χ1) is 7.59. The quantitative estimate of drug-likeness (QED) is 0.624. The van der Waals surface area contributed by atoms with Gasteiger partial charge in [0.2, 0.25) is 0 Å². The Bertz CT molecular complexity index is 314. The third-order valence-electron chi connectivity index (χ3n) is 2.69. The lowest BCUT2D eigenvalue weighted by molar-refractivity contribution is -0.115. The zero-order valence-corrected chi connectivity index (χ0v) is 9.68. The van der Waals surface area contributed by atoms with Gasteiger partial charge in [-0.25, -0.2) is 0 Å². The van der Waals surface area contributed by atoms with Crippen LogP contribution in [0.15, 0.2) is 12.2 Å². The monoisotopic (exact) mass is 221 g/mol. The van der Waals surface area contributed by atoms with E-state index in [0.717, 1.165) is 25.7 Å². The molecular weight excluding hydrogens is 202 g/mol. The molecule has 1 aliphatic rings. The molecule has 3 N–H and O–H groups in total. The SMILES string of the molecule is CC(=N)/C=C\C(=N)C(=O)NC1CCCCC1. The summed E-state index contributed by atoms with van der Waals surface area (Å²) in [6.45, 7) is 1.61. The Labute approximate surface area is 96.1 Å². The number of rotatable bonds is 4. The van der Waals surface area contributed by atoms with Crippen LogP contribution >= 0.6 is 0 Å². The molecule has 1 saturated carbocycles. The van der Waals surface area contributed by atoms with Crippen LogP contribution < -0.4 is 5.32 Å². The van der Waals surface area contributed by atoms with Crippen molar-refractivity contribution in [3.05, 3.63) is 12.2 Å². The van der Waals surface area contributed by atoms with Crippen LogP contribution in [0, 0.1) is 10.8 Å². The molecule has 1 amide bonds. The van der Waals surface area contributed by atoms with Gasteiger partial charge in [-0.1, -0.05) is 19.3 Å². The molecule has 0 unspecified atom stereocenters. The van der Waals surface area contributed by atoms with Crippen LogP contribution in [0.3, 0.4) is 0 Å². The highest BCUT2D eigenvalue weighted by molar-refractivity contribution is 6.42. The molecule has 0 aromatic rings. The molecule has 88 valence electrons. The van der Waals surface area contributed by atoms with Crippen LogP contribution in [0.2, 0.25) is 0 Å². The van der Waals surface area contributed by atoms with Crippen LogP contribution in [0.1, 0.15) is 39.0 Å². The topological polar surface area (TPSA) is 76.8 Å². The predicted molar refractivity (Wildman–Crippen MR) is 65.3 cm³/mol. The summed E-state index contributed by atoms with van der Waals surface area (Å²) < 4.78 is 0. The van der Waals surface area contributed by atoms with E-state index in [9.17, 15) is 4.79 Å². The van der Waals surface area contributed by atoms with Crippen LogP contribution in [0.25, 0.3) is 0 Å². The zero-order chi connectivity index (χ0) is 12.0. The van der Waals surface area contributed by atoms with Gasteiger partial charge in [-0.15, -0.1) is 0 Å². The lowest BCUT2D eigenvalue weighted by Gasteiger charge is -2.22. The van der Waals surface area contributed by atoms with Crippen molar-refractivity contribution >= 4 is 17.3 Å². The number of nitrogens with one attached hydrogen (secondary N) is 3. The fraction of sp³-hybridized carbons (Fsp3) is 0.583. The fourth-order valence-corrected chi connectivity index (χ4v) is 1.79. The average molecular weight is 221 g/mol. The van der Waals surface area contributed by atoms with Crippen molar-refractivity contribution in [1.29, 1.82) is 10.8 Å². The zero-order valence-electron chi connectivity index (χ0n) is 9.68. The van der Waals surface area contributed by atoms with Crippen molar-refractivity contribution < 1.29 is 4.79 Å². The molecule has 0 spiro atoms. The summed E-state index contributed by atoms with van der Waals surface area (Å²) in [6.07, 6.45) is 8.44. The van der Waals surface area contributed by atoms with Crippen molar-refractivity contribution in [2.45, 2.75) is 45.1 Å². The molecule has 0 radical (unpaired) electrons. The van der Waals surface area contributed by atoms with Gasteiger partial charge < -0.3 is 10.7 Å². The molecule has 1 fully saturated rings. The summed E-state index contributed by atoms with van der Waals surface area (Å²) in [5, 5.41) is 17.5. The Hall–Kier alpha value is -1.45. The van der Waals surface area contributed by atoms with Gasteiger partial charge in [0.1, 0.15) is 5.71 Å². The van der Waals surface area contributed by atoms with Gasteiger partial charge >= 0.3 is 0 Å². The number of hydrogen-bond donors (Lipinski definition) is 3. The smallest absolute Gasteiger partial charge is 0.269 e. The molecule has 0 aromatic heterocycles. The highest BCUT2D eigenvalue weighted by Crippen LogP contribution is 2.17. The molecule has 4 nitrogen and oxygen atoms in total. The number of allylic oxidation sites excluding steroid dienone is 1. The van der Waals surface area contributed by atoms with E-state index < -0.39 is 0 Å². The summed E-state index contributed by atoms with van der Waals surface area (Å²) in [5.74, 6) is -0.329. The van der Waals surface area contributed by atoms with Crippen molar-refractivity contribution in [2.75, 3.05) is 0 Å². The van der Waals surface area contributed by atoms with Gasteiger partial charge in [-0.05, 0) is 31.9 Å². The first-order valence-electron chi connectivity index (χ1n) is 5.72. The molecule has 0 saturated heterocycles. The highest BCUT2D eigenvalue weighted by Gasteiger charge is 2.16. The predicted octanol–water partition coefficient (Wildman–Crippen LogP) is 2.05. The molecule has 1 aliphatic carbocycles. The number of amides is 1. The van der Waals surface area contributed by atoms with Crippen molar-refractivity contribution in [2.24, 2.45) is 0 Å². The molecule has 0 atom stereocenters. The lowest BCUT2D eigenvalue weighted by atomic mass is 9.95. The Morgan fingerprint density at radius 2 is 1.81 bits per heavy atom. The standard InChI is InChI=1S/C12H19N3O/c1-9(13)7-8-11(14)12(16)15-10-5-3-2-4-6-10/h7-8,10,13-14H,2-6H2,1H3,(H,15,16)/b8-7-,13-9?,14-11?. The number of hydrogen-bond acceptors (Lipinski definition) is 3. The summed E-state index contributed by atoms with van der Waals surface area (Å²) in [5.41, 5.74) is 0.271. The fourth-order valence-electron chi connectivity index (χ4n) is 1.79. The van der Waals surface area contributed by atoms with Crippen LogP contribution in [-0.2, 0) is 4.79 Å². The minimum absolute atomic E-state index is 0.0721. The second kappa shape index (κ2) is 6.20. The lowest BCUT2D eigenvalue weighted by Crippen LogP contribution is -2.39. The van der Waals surface area contributed by atoms with E-state index >= 15 is 0 Å². The molecule has 0 heterocycles. The van der Waals surface area contributed by atoms with E-state index in [0.29, 0.717) is 5.71 Å². The maximum absolute atomic E-state index is 11.6. The molecule has 1 rings (SSSR count). The van der Waals surface area contributed by atoms with E-state index in [-0.39, 0.29) is 17.7 Å². The molecular formula is C12H19N3O. The third-order valence-corrected chi connectivity index (χ3v) is 2.69. The van der Waals surface area contributed by atoms with Gasteiger partial charge in [0.05, 0.1) is 0 Å². The minimum atomic E-state index is -0.329. The Kier molecular flexibility index (Phi) is 4.89. The first kappa shape index (κ1) is 12.6. The summed E-state index contributed by atoms with van der Waals surface area (Å²) in [6, 6.07) is 0.232. The van der Waals surface area contributed by atoms with Crippen LogP contribution in [-0.4, -0.2) is 23.4 Å². The van der Waals surface area contributed by atoms with Crippen molar-refractivity contribution in [3.8, 4) is 0 Å². The Balaban J connectivity index is 2.38. The number of carbonyl (C=O) groups excluding carboxylic acids is 1. The summed E-state index contributed by atoms with van der Waals surface area (Å²) in [4.78, 5) is 11.6. The van der Waals surface area contributed by atoms with Crippen molar-refractivity contribution in [3.63, 3.8) is 0 Å². The Morgan fingerprint density at radius 3 is 2.38 bits per heavy atom. The van der Waals surface area contributed by atoms with Crippen LogP contribution in [0.5, 0.6) is 0 Å². The van der Waals surface area contributed by atoms with Gasteiger partial charge in [-0.2, -0.15) is 0 Å². The van der Waals surface area contributed by atoms with Gasteiger partial charge in [0.15, 0.2) is 0 Å². The first-order valence-corrected chi connectivity index (χ1v) is 5.72. The van der Waals surface area contributed by atoms with Gasteiger partial charge in [0, 0.05) is 11.8 Å². The van der Waals surface area contributed by atoms with Gasteiger partial charge in [0.25, 0.3) is 5.91 Å². The number of carbonyl (C=O) groups is 1. The van der Waals surface area contributed by atoms with E-state index in [1.807, 2.05) is 0 Å². The second-order valence-corrected chi connectivity index (χ2v) is 4.24. The molecule has 0 aliphatic heterocycles. The molecule has 4 heteroatoms. The van der Waals surface area contributed by atoms with E-state index in [2.05, 4.69) is 5.32 Å². The summed E-state index contributed by atoms with van der Waals surface area (Å²) >= 11 is 0. The minimum Gasteiger partial charge on any atom is -0.348 e. The van der Waals surface area contributed by atoms with Crippen molar-refractivity contribution in [1.82, 2.24) is 5.32 Å². The molecule has 16 heavy (non-hydrogen) atoms. The molecule has 0 bridgehead atoms. The summed E-state index contributed by atoms with van der Waals surface area (Å²) in [7, 11) is 0.